The van der Waals surface area contributed by atoms with E-state index in [0.717, 1.165) is 29.8 Å². The number of rotatable bonds is 0. The molecule has 0 amide bonds. The fourth-order valence-corrected chi connectivity index (χ4v) is 3.04. The van der Waals surface area contributed by atoms with E-state index in [-0.39, 0.29) is 0 Å². The molecule has 0 aliphatic carbocycles. The van der Waals surface area contributed by atoms with Crippen LogP contribution in [0.4, 0.5) is 30.6 Å². The number of anilines is 3. The van der Waals surface area contributed by atoms with Crippen LogP contribution in [-0.2, 0) is 17.8 Å². The molecule has 6 bridgehead atoms. The molecule has 3 N–H and O–H groups in total. The Labute approximate surface area is 192 Å². The van der Waals surface area contributed by atoms with Crippen molar-refractivity contribution in [2.75, 3.05) is 17.2 Å². The molecule has 1 aliphatic heterocycles. The summed E-state index contributed by atoms with van der Waals surface area (Å²) >= 11 is 6.24. The van der Waals surface area contributed by atoms with Gasteiger partial charge in [-0.2, -0.15) is 18.2 Å². The number of aromatic nitrogens is 2. The molecule has 174 valence electrons. The van der Waals surface area contributed by atoms with Gasteiger partial charge in [0.05, 0.1) is 12.8 Å². The fraction of sp³-hybridized carbons (Fsp3) is 0.227. The van der Waals surface area contributed by atoms with Crippen molar-refractivity contribution in [3.63, 3.8) is 0 Å². The predicted octanol–water partition coefficient (Wildman–Crippen LogP) is 5.44. The summed E-state index contributed by atoms with van der Waals surface area (Å²) < 4.78 is 37.6. The van der Waals surface area contributed by atoms with E-state index in [0.29, 0.717) is 29.9 Å². The van der Waals surface area contributed by atoms with Gasteiger partial charge in [0.1, 0.15) is 10.8 Å². The standard InChI is InChI=1S/C20H19ClN4O.C2HF3O2/c21-18-13-23-20-24-16-7-1-4-14(10-16)6-3-9-26-17-8-2-5-15(11-17)12-22-19(18)25-20;3-2(4,5)1(6)7/h1-2,4-5,7-8,10-11,13H,3,6,9,12H2,(H2,22,23,24,25);(H,6,7). The van der Waals surface area contributed by atoms with Gasteiger partial charge in [0.15, 0.2) is 5.82 Å². The molecule has 0 atom stereocenters. The van der Waals surface area contributed by atoms with Gasteiger partial charge < -0.3 is 20.5 Å². The molecular formula is C22H20ClF3N4O3. The summed E-state index contributed by atoms with van der Waals surface area (Å²) in [5, 5.41) is 14.1. The van der Waals surface area contributed by atoms with Gasteiger partial charge in [0, 0.05) is 12.2 Å². The van der Waals surface area contributed by atoms with Crippen LogP contribution in [0.1, 0.15) is 17.5 Å². The number of hydrogen-bond donors (Lipinski definition) is 3. The third-order valence-electron chi connectivity index (χ3n) is 4.41. The summed E-state index contributed by atoms with van der Waals surface area (Å²) in [4.78, 5) is 17.7. The minimum Gasteiger partial charge on any atom is -0.494 e. The Bertz CT molecular complexity index is 1110. The lowest BCUT2D eigenvalue weighted by atomic mass is 10.1. The Morgan fingerprint density at radius 3 is 2.61 bits per heavy atom. The monoisotopic (exact) mass is 480 g/mol. The lowest BCUT2D eigenvalue weighted by Gasteiger charge is -2.13. The van der Waals surface area contributed by atoms with Crippen molar-refractivity contribution in [1.29, 1.82) is 0 Å². The molecule has 0 fully saturated rings. The highest BCUT2D eigenvalue weighted by Crippen LogP contribution is 2.24. The summed E-state index contributed by atoms with van der Waals surface area (Å²) in [7, 11) is 0. The van der Waals surface area contributed by atoms with E-state index < -0.39 is 12.1 Å². The molecule has 0 spiro atoms. The maximum atomic E-state index is 10.6. The quantitative estimate of drug-likeness (QED) is 0.394. The number of nitrogens with one attached hydrogen (secondary N) is 2. The number of carbonyl (C=O) groups is 1. The molecule has 0 saturated carbocycles. The molecule has 0 unspecified atom stereocenters. The van der Waals surface area contributed by atoms with E-state index in [1.807, 2.05) is 36.4 Å². The number of alkyl halides is 3. The Balaban J connectivity index is 0.000000383. The van der Waals surface area contributed by atoms with E-state index in [2.05, 4.69) is 32.7 Å². The van der Waals surface area contributed by atoms with E-state index in [9.17, 15) is 13.2 Å². The zero-order chi connectivity index (χ0) is 23.8. The maximum absolute atomic E-state index is 10.6. The number of halogens is 4. The van der Waals surface area contributed by atoms with Gasteiger partial charge in [-0.05, 0) is 48.2 Å². The van der Waals surface area contributed by atoms with Crippen LogP contribution in [0, 0.1) is 0 Å². The molecule has 2 heterocycles. The minimum atomic E-state index is -5.08. The second kappa shape index (κ2) is 10.9. The number of hydrogen-bond acceptors (Lipinski definition) is 6. The first-order valence-corrected chi connectivity index (χ1v) is 10.2. The molecule has 0 radical (unpaired) electrons. The summed E-state index contributed by atoms with van der Waals surface area (Å²) in [5.74, 6) is -0.772. The zero-order valence-electron chi connectivity index (χ0n) is 17.2. The number of carboxylic acid groups (broad SMARTS) is 1. The first kappa shape index (κ1) is 24.1. The van der Waals surface area contributed by atoms with Crippen molar-refractivity contribution in [1.82, 2.24) is 9.97 Å². The van der Waals surface area contributed by atoms with Gasteiger partial charge in [-0.1, -0.05) is 35.9 Å². The largest absolute Gasteiger partial charge is 0.494 e. The van der Waals surface area contributed by atoms with Crippen LogP contribution < -0.4 is 15.4 Å². The Hall–Kier alpha value is -3.53. The maximum Gasteiger partial charge on any atom is 0.490 e. The molecule has 7 nitrogen and oxygen atoms in total. The smallest absolute Gasteiger partial charge is 0.490 e. The lowest BCUT2D eigenvalue weighted by Crippen LogP contribution is -2.21. The van der Waals surface area contributed by atoms with Gasteiger partial charge in [-0.25, -0.2) is 9.78 Å². The van der Waals surface area contributed by atoms with Crippen molar-refractivity contribution in [2.24, 2.45) is 0 Å². The van der Waals surface area contributed by atoms with Crippen molar-refractivity contribution in [2.45, 2.75) is 25.6 Å². The molecular weight excluding hydrogens is 461 g/mol. The first-order valence-electron chi connectivity index (χ1n) is 9.85. The molecule has 1 aliphatic rings. The van der Waals surface area contributed by atoms with Gasteiger partial charge in [-0.15, -0.1) is 0 Å². The van der Waals surface area contributed by atoms with E-state index >= 15 is 0 Å². The minimum absolute atomic E-state index is 0.484. The Morgan fingerprint density at radius 1 is 1.12 bits per heavy atom. The van der Waals surface area contributed by atoms with E-state index in [1.54, 1.807) is 6.20 Å². The van der Waals surface area contributed by atoms with Gasteiger partial charge in [0.2, 0.25) is 5.95 Å². The van der Waals surface area contributed by atoms with Crippen molar-refractivity contribution in [3.05, 3.63) is 70.9 Å². The number of nitrogens with zero attached hydrogens (tertiary/aromatic N) is 2. The van der Waals surface area contributed by atoms with Crippen LogP contribution in [0.5, 0.6) is 5.75 Å². The number of aliphatic carboxylic acids is 1. The normalized spacial score (nSPS) is 13.3. The van der Waals surface area contributed by atoms with Crippen LogP contribution >= 0.6 is 11.6 Å². The van der Waals surface area contributed by atoms with Gasteiger partial charge >= 0.3 is 12.1 Å². The predicted molar refractivity (Wildman–Crippen MR) is 118 cm³/mol. The summed E-state index contributed by atoms with van der Waals surface area (Å²) in [6.07, 6.45) is -1.58. The third kappa shape index (κ3) is 7.53. The Morgan fingerprint density at radius 2 is 1.85 bits per heavy atom. The van der Waals surface area contributed by atoms with Crippen molar-refractivity contribution < 1.29 is 27.8 Å². The van der Waals surface area contributed by atoms with Crippen LogP contribution in [0.3, 0.4) is 0 Å². The molecule has 1 aromatic heterocycles. The molecule has 11 heteroatoms. The van der Waals surface area contributed by atoms with E-state index in [4.69, 9.17) is 26.2 Å². The van der Waals surface area contributed by atoms with Crippen LogP contribution in [0.15, 0.2) is 54.7 Å². The third-order valence-corrected chi connectivity index (χ3v) is 4.68. The fourth-order valence-electron chi connectivity index (χ4n) is 2.88. The zero-order valence-corrected chi connectivity index (χ0v) is 18.0. The highest BCUT2D eigenvalue weighted by molar-refractivity contribution is 6.32. The molecule has 4 rings (SSSR count). The summed E-state index contributed by atoms with van der Waals surface area (Å²) in [6.45, 7) is 1.28. The molecule has 33 heavy (non-hydrogen) atoms. The average molecular weight is 481 g/mol. The van der Waals surface area contributed by atoms with E-state index in [1.165, 1.54) is 5.56 Å². The van der Waals surface area contributed by atoms with Crippen LogP contribution in [0.25, 0.3) is 0 Å². The molecule has 2 aromatic carbocycles. The highest BCUT2D eigenvalue weighted by Gasteiger charge is 2.38. The number of carboxylic acids is 1. The Kier molecular flexibility index (Phi) is 7.94. The SMILES string of the molecule is Clc1cnc2nc1NCc1cccc(c1)OCCCc1cccc(c1)N2.O=C(O)C(F)(F)F. The molecule has 3 aromatic rings. The topological polar surface area (TPSA) is 96.4 Å². The first-order chi connectivity index (χ1) is 15.7. The van der Waals surface area contributed by atoms with Crippen LogP contribution in [0.2, 0.25) is 5.02 Å². The number of aryl methyl sites for hydroxylation is 1. The summed E-state index contributed by atoms with van der Waals surface area (Å²) in [6, 6.07) is 16.3. The van der Waals surface area contributed by atoms with Crippen molar-refractivity contribution in [3.8, 4) is 5.75 Å². The average Bonchev–Trinajstić information content (AvgIpc) is 2.77. The number of ether oxygens (including phenoxy) is 1. The summed E-state index contributed by atoms with van der Waals surface area (Å²) in [5.41, 5.74) is 3.30. The number of benzene rings is 2. The second-order valence-electron chi connectivity index (χ2n) is 6.97. The molecule has 0 saturated heterocycles. The van der Waals surface area contributed by atoms with Crippen LogP contribution in [-0.4, -0.2) is 33.8 Å². The lowest BCUT2D eigenvalue weighted by molar-refractivity contribution is -0.192. The second-order valence-corrected chi connectivity index (χ2v) is 7.38. The van der Waals surface area contributed by atoms with Crippen molar-refractivity contribution >= 4 is 35.0 Å². The highest BCUT2D eigenvalue weighted by atomic mass is 35.5. The van der Waals surface area contributed by atoms with Gasteiger partial charge in [0.25, 0.3) is 0 Å². The number of fused-ring (bicyclic) bond motifs is 6. The van der Waals surface area contributed by atoms with Gasteiger partial charge in [-0.3, -0.25) is 0 Å².